The van der Waals surface area contributed by atoms with E-state index in [2.05, 4.69) is 11.8 Å². The maximum atomic E-state index is 14.1. The number of nitrogens with zero attached hydrogens (tertiary/aromatic N) is 1. The van der Waals surface area contributed by atoms with Crippen molar-refractivity contribution in [2.45, 2.75) is 59.0 Å². The molecule has 5 rings (SSSR count). The number of likely N-dealkylation sites (tertiary alicyclic amines) is 1. The number of aryl methyl sites for hydroxylation is 1. The Hall–Kier alpha value is -3.52. The average Bonchev–Trinajstić information content (AvgIpc) is 2.91. The molecule has 196 valence electrons. The molecule has 1 aromatic heterocycles. The topological polar surface area (TPSA) is 98.4 Å². The van der Waals surface area contributed by atoms with Crippen LogP contribution in [0.25, 0.3) is 22.1 Å². The fraction of sp³-hybridized carbons (Fsp3) is 0.448. The van der Waals surface area contributed by atoms with Crippen molar-refractivity contribution in [2.24, 2.45) is 0 Å². The Kier molecular flexibility index (Phi) is 7.11. The van der Waals surface area contributed by atoms with Crippen molar-refractivity contribution in [1.82, 2.24) is 4.90 Å². The first-order chi connectivity index (χ1) is 17.9. The first-order valence-electron chi connectivity index (χ1n) is 13.1. The van der Waals surface area contributed by atoms with Crippen molar-refractivity contribution in [3.8, 4) is 28.4 Å². The van der Waals surface area contributed by atoms with E-state index < -0.39 is 5.97 Å². The van der Waals surface area contributed by atoms with Gasteiger partial charge in [0, 0.05) is 12.6 Å². The summed E-state index contributed by atoms with van der Waals surface area (Å²) in [6.07, 6.45) is 3.85. The normalized spacial score (nSPS) is 17.6. The number of fused-ring (bicyclic) bond motifs is 2. The number of rotatable bonds is 6. The first-order valence-corrected chi connectivity index (χ1v) is 13.1. The second kappa shape index (κ2) is 10.5. The second-order valence-electron chi connectivity index (χ2n) is 9.62. The van der Waals surface area contributed by atoms with Gasteiger partial charge >= 0.3 is 5.97 Å². The summed E-state index contributed by atoms with van der Waals surface area (Å²) in [5.41, 5.74) is 1.63. The van der Waals surface area contributed by atoms with Crippen LogP contribution in [0, 0.1) is 0 Å². The fourth-order valence-corrected chi connectivity index (χ4v) is 5.26. The molecule has 37 heavy (non-hydrogen) atoms. The number of phenols is 1. The van der Waals surface area contributed by atoms with Crippen LogP contribution in [-0.4, -0.2) is 48.4 Å². The molecular weight excluding hydrogens is 474 g/mol. The van der Waals surface area contributed by atoms with E-state index in [4.69, 9.17) is 18.6 Å². The van der Waals surface area contributed by atoms with Crippen molar-refractivity contribution < 1.29 is 28.5 Å². The largest absolute Gasteiger partial charge is 0.507 e. The van der Waals surface area contributed by atoms with Gasteiger partial charge in [0.05, 0.1) is 23.1 Å². The molecule has 8 nitrogen and oxygen atoms in total. The van der Waals surface area contributed by atoms with E-state index in [1.165, 1.54) is 6.42 Å². The van der Waals surface area contributed by atoms with Crippen LogP contribution >= 0.6 is 0 Å². The van der Waals surface area contributed by atoms with Crippen molar-refractivity contribution in [2.75, 3.05) is 26.4 Å². The zero-order chi connectivity index (χ0) is 26.1. The molecule has 0 radical (unpaired) electrons. The summed E-state index contributed by atoms with van der Waals surface area (Å²) in [5, 5.41) is 11.5. The maximum Gasteiger partial charge on any atom is 0.375 e. The van der Waals surface area contributed by atoms with Gasteiger partial charge in [0.1, 0.15) is 24.5 Å². The number of benzene rings is 2. The van der Waals surface area contributed by atoms with Crippen LogP contribution in [0.4, 0.5) is 0 Å². The van der Waals surface area contributed by atoms with Gasteiger partial charge in [-0.3, -0.25) is 9.69 Å². The predicted octanol–water partition coefficient (Wildman–Crippen LogP) is 5.05. The Balaban J connectivity index is 1.75. The maximum absolute atomic E-state index is 14.1. The summed E-state index contributed by atoms with van der Waals surface area (Å²) in [6, 6.07) is 7.14. The van der Waals surface area contributed by atoms with Gasteiger partial charge in [-0.1, -0.05) is 19.4 Å². The first kappa shape index (κ1) is 25.1. The molecule has 2 aliphatic rings. The molecule has 1 N–H and O–H groups in total. The summed E-state index contributed by atoms with van der Waals surface area (Å²) in [7, 11) is 0. The molecule has 1 saturated heterocycles. The summed E-state index contributed by atoms with van der Waals surface area (Å²) in [5.74, 6) is 0.264. The van der Waals surface area contributed by atoms with Crippen molar-refractivity contribution >= 4 is 16.9 Å². The highest BCUT2D eigenvalue weighted by atomic mass is 16.6. The van der Waals surface area contributed by atoms with Gasteiger partial charge in [-0.25, -0.2) is 4.79 Å². The average molecular weight is 508 g/mol. The molecule has 1 unspecified atom stereocenters. The van der Waals surface area contributed by atoms with Crippen LogP contribution in [0.3, 0.4) is 0 Å². The van der Waals surface area contributed by atoms with Crippen molar-refractivity contribution in [1.29, 1.82) is 0 Å². The van der Waals surface area contributed by atoms with Crippen LogP contribution in [0.2, 0.25) is 0 Å². The lowest BCUT2D eigenvalue weighted by atomic mass is 9.96. The number of aromatic hydroxyl groups is 1. The Labute approximate surface area is 215 Å². The van der Waals surface area contributed by atoms with E-state index in [9.17, 15) is 14.7 Å². The molecule has 0 bridgehead atoms. The molecule has 0 aliphatic carbocycles. The van der Waals surface area contributed by atoms with E-state index in [-0.39, 0.29) is 34.7 Å². The quantitative estimate of drug-likeness (QED) is 0.463. The zero-order valence-corrected chi connectivity index (χ0v) is 21.6. The van der Waals surface area contributed by atoms with Gasteiger partial charge in [-0.2, -0.15) is 0 Å². The Morgan fingerprint density at radius 1 is 1.14 bits per heavy atom. The van der Waals surface area contributed by atoms with Gasteiger partial charge in [0.2, 0.25) is 11.2 Å². The van der Waals surface area contributed by atoms with Crippen molar-refractivity contribution in [3.05, 3.63) is 51.4 Å². The van der Waals surface area contributed by atoms with Gasteiger partial charge in [0.25, 0.3) is 0 Å². The number of ether oxygens (including phenoxy) is 3. The minimum Gasteiger partial charge on any atom is -0.507 e. The van der Waals surface area contributed by atoms with Crippen LogP contribution < -0.4 is 14.9 Å². The van der Waals surface area contributed by atoms with Crippen LogP contribution in [0.1, 0.15) is 61.7 Å². The molecule has 1 atom stereocenters. The predicted molar refractivity (Wildman–Crippen MR) is 140 cm³/mol. The lowest BCUT2D eigenvalue weighted by molar-refractivity contribution is 0.0491. The van der Waals surface area contributed by atoms with Gasteiger partial charge in [0.15, 0.2) is 11.5 Å². The van der Waals surface area contributed by atoms with Gasteiger partial charge in [-0.05, 0) is 69.0 Å². The molecule has 1 fully saturated rings. The molecular formula is C29H33NO7. The number of esters is 1. The number of carbonyl (C=O) groups is 1. The van der Waals surface area contributed by atoms with E-state index in [1.54, 1.807) is 31.2 Å². The third-order valence-electron chi connectivity index (χ3n) is 7.30. The van der Waals surface area contributed by atoms with Crippen LogP contribution in [0.15, 0.2) is 33.5 Å². The summed E-state index contributed by atoms with van der Waals surface area (Å²) in [6.45, 7) is 8.08. The van der Waals surface area contributed by atoms with Crippen LogP contribution in [-0.2, 0) is 17.7 Å². The van der Waals surface area contributed by atoms with Gasteiger partial charge < -0.3 is 23.7 Å². The Morgan fingerprint density at radius 3 is 2.65 bits per heavy atom. The number of piperidine rings is 1. The lowest BCUT2D eigenvalue weighted by Gasteiger charge is -2.33. The molecule has 3 heterocycles. The number of carbonyl (C=O) groups excluding carboxylic acids is 1. The third kappa shape index (κ3) is 4.66. The monoisotopic (exact) mass is 507 g/mol. The van der Waals surface area contributed by atoms with Gasteiger partial charge in [-0.15, -0.1) is 0 Å². The Morgan fingerprint density at radius 2 is 1.92 bits per heavy atom. The molecule has 8 heteroatoms. The number of hydrogen-bond donors (Lipinski definition) is 1. The summed E-state index contributed by atoms with van der Waals surface area (Å²) in [4.78, 5) is 29.5. The van der Waals surface area contributed by atoms with E-state index >= 15 is 0 Å². The summed E-state index contributed by atoms with van der Waals surface area (Å²) < 4.78 is 22.9. The second-order valence-corrected chi connectivity index (χ2v) is 9.62. The van der Waals surface area contributed by atoms with Crippen molar-refractivity contribution in [3.63, 3.8) is 0 Å². The highest BCUT2D eigenvalue weighted by Crippen LogP contribution is 2.38. The smallest absolute Gasteiger partial charge is 0.375 e. The molecule has 3 aromatic rings. The van der Waals surface area contributed by atoms with E-state index in [0.29, 0.717) is 65.8 Å². The lowest BCUT2D eigenvalue weighted by Crippen LogP contribution is -2.36. The number of phenolic OH excluding ortho intramolecular Hbond substituents is 1. The summed E-state index contributed by atoms with van der Waals surface area (Å²) >= 11 is 0. The molecule has 0 spiro atoms. The van der Waals surface area contributed by atoms with Crippen LogP contribution in [0.5, 0.6) is 17.2 Å². The molecule has 0 saturated carbocycles. The fourth-order valence-electron chi connectivity index (χ4n) is 5.26. The number of hydrogen-bond acceptors (Lipinski definition) is 8. The highest BCUT2D eigenvalue weighted by molar-refractivity contribution is 5.99. The molecule has 0 amide bonds. The minimum absolute atomic E-state index is 0.105. The third-order valence-corrected chi connectivity index (χ3v) is 7.30. The molecule has 2 aromatic carbocycles. The van der Waals surface area contributed by atoms with E-state index in [1.807, 2.05) is 6.92 Å². The SMILES string of the molecule is CCOC(=O)c1oc2c(CN3CCCCC3C)c(O)c(CC)cc2c(=O)c1-c1ccc2c(c1)OCCO2. The van der Waals surface area contributed by atoms with E-state index in [0.717, 1.165) is 19.4 Å². The standard InChI is InChI=1S/C29H33NO7/c1-4-18-14-20-26(32)24(19-9-10-22-23(15-19)36-13-12-35-22)28(29(33)34-5-2)37-27(20)21(25(18)31)16-30-11-7-6-8-17(30)3/h9-10,14-15,17,31H,4-8,11-13,16H2,1-3H3. The Bertz CT molecular complexity index is 1390. The molecule has 2 aliphatic heterocycles. The highest BCUT2D eigenvalue weighted by Gasteiger charge is 2.29. The minimum atomic E-state index is -0.734. The zero-order valence-electron chi connectivity index (χ0n) is 21.6.